The van der Waals surface area contributed by atoms with Gasteiger partial charge < -0.3 is 9.47 Å². The zero-order chi connectivity index (χ0) is 38.1. The first kappa shape index (κ1) is 33.2. The van der Waals surface area contributed by atoms with Crippen LogP contribution in [0.4, 0.5) is 17.1 Å². The molecule has 1 heterocycles. The topological polar surface area (TPSA) is 8.17 Å². The van der Waals surface area contributed by atoms with Gasteiger partial charge in [0, 0.05) is 38.9 Å². The van der Waals surface area contributed by atoms with Crippen molar-refractivity contribution in [3.8, 4) is 39.1 Å². The highest BCUT2D eigenvalue weighted by molar-refractivity contribution is 6.10. The van der Waals surface area contributed by atoms with Crippen molar-refractivity contribution in [2.75, 3.05) is 4.90 Å². The molecule has 1 aromatic heterocycles. The van der Waals surface area contributed by atoms with Crippen molar-refractivity contribution in [2.24, 2.45) is 0 Å². The number of nitrogens with zero attached hydrogens (tertiary/aromatic N) is 2. The molecule has 0 saturated heterocycles. The van der Waals surface area contributed by atoms with E-state index >= 15 is 0 Å². The molecule has 0 amide bonds. The van der Waals surface area contributed by atoms with E-state index in [-0.39, 0.29) is 5.41 Å². The van der Waals surface area contributed by atoms with Gasteiger partial charge in [0.15, 0.2) is 0 Å². The van der Waals surface area contributed by atoms with Crippen LogP contribution in [-0.4, -0.2) is 4.57 Å². The number of benzene rings is 9. The van der Waals surface area contributed by atoms with Crippen molar-refractivity contribution in [3.63, 3.8) is 0 Å². The molecule has 1 aliphatic rings. The predicted octanol–water partition coefficient (Wildman–Crippen LogP) is 15.0. The summed E-state index contributed by atoms with van der Waals surface area (Å²) in [6.45, 7) is 4.70. The van der Waals surface area contributed by atoms with Crippen LogP contribution in [0.1, 0.15) is 25.0 Å². The summed E-state index contributed by atoms with van der Waals surface area (Å²) in [6, 6.07) is 75.6. The Morgan fingerprint density at radius 3 is 1.74 bits per heavy atom. The van der Waals surface area contributed by atoms with Gasteiger partial charge in [-0.25, -0.2) is 0 Å². The number of anilines is 3. The maximum atomic E-state index is 2.41. The monoisotopic (exact) mass is 728 g/mol. The quantitative estimate of drug-likeness (QED) is 0.165. The maximum absolute atomic E-state index is 2.41. The van der Waals surface area contributed by atoms with E-state index in [4.69, 9.17) is 0 Å². The molecule has 57 heavy (non-hydrogen) atoms. The molecule has 11 rings (SSSR count). The lowest BCUT2D eigenvalue weighted by Gasteiger charge is -2.28. The summed E-state index contributed by atoms with van der Waals surface area (Å²) in [6.07, 6.45) is 0. The third-order valence-electron chi connectivity index (χ3n) is 12.2. The summed E-state index contributed by atoms with van der Waals surface area (Å²) < 4.78 is 2.40. The molecule has 10 aromatic rings. The van der Waals surface area contributed by atoms with Gasteiger partial charge in [0.05, 0.1) is 11.0 Å². The van der Waals surface area contributed by atoms with Gasteiger partial charge in [-0.2, -0.15) is 0 Å². The fraction of sp³-hybridized carbons (Fsp3) is 0.0545. The minimum Gasteiger partial charge on any atom is -0.310 e. The molecule has 0 saturated carbocycles. The molecule has 1 aliphatic carbocycles. The number of hydrogen-bond donors (Lipinski definition) is 0. The predicted molar refractivity (Wildman–Crippen MR) is 241 cm³/mol. The zero-order valence-electron chi connectivity index (χ0n) is 32.0. The first-order valence-corrected chi connectivity index (χ1v) is 19.8. The summed E-state index contributed by atoms with van der Waals surface area (Å²) >= 11 is 0. The third kappa shape index (κ3) is 5.40. The molecule has 0 spiro atoms. The largest absolute Gasteiger partial charge is 0.310 e. The van der Waals surface area contributed by atoms with E-state index in [9.17, 15) is 0 Å². The molecule has 270 valence electrons. The molecule has 2 heteroatoms. The SMILES string of the molecule is CC1(C)c2ccccc2-c2ccc(N(c3ccc(-c4ccccc4)cc3)c3ccc(-c4ccc5c(c4)c4ccccc4n5-c4ccc5ccccc5c4)cc3)cc21. The minimum atomic E-state index is -0.0926. The number of para-hydroxylation sites is 1. The lowest BCUT2D eigenvalue weighted by Crippen LogP contribution is -2.16. The second kappa shape index (κ2) is 13.0. The van der Waals surface area contributed by atoms with Gasteiger partial charge in [0.1, 0.15) is 0 Å². The molecule has 0 bridgehead atoms. The highest BCUT2D eigenvalue weighted by Crippen LogP contribution is 2.50. The number of rotatable bonds is 6. The van der Waals surface area contributed by atoms with Crippen molar-refractivity contribution in [2.45, 2.75) is 19.3 Å². The summed E-state index contributed by atoms with van der Waals surface area (Å²) in [5.41, 5.74) is 17.1. The zero-order valence-corrected chi connectivity index (χ0v) is 32.0. The van der Waals surface area contributed by atoms with E-state index in [0.717, 1.165) is 17.1 Å². The molecule has 0 unspecified atom stereocenters. The minimum absolute atomic E-state index is 0.0926. The highest BCUT2D eigenvalue weighted by Gasteiger charge is 2.35. The Hall–Kier alpha value is -7.16. The van der Waals surface area contributed by atoms with Gasteiger partial charge in [0.2, 0.25) is 0 Å². The van der Waals surface area contributed by atoms with Crippen molar-refractivity contribution in [1.29, 1.82) is 0 Å². The summed E-state index contributed by atoms with van der Waals surface area (Å²) in [7, 11) is 0. The van der Waals surface area contributed by atoms with Gasteiger partial charge in [-0.05, 0) is 122 Å². The van der Waals surface area contributed by atoms with Crippen molar-refractivity contribution < 1.29 is 0 Å². The molecule has 9 aromatic carbocycles. The summed E-state index contributed by atoms with van der Waals surface area (Å²) in [5, 5.41) is 5.00. The number of aromatic nitrogens is 1. The first-order chi connectivity index (χ1) is 28.0. The molecular weight excluding hydrogens is 689 g/mol. The van der Waals surface area contributed by atoms with E-state index < -0.39 is 0 Å². The normalized spacial score (nSPS) is 12.9. The Bertz CT molecular complexity index is 3130. The summed E-state index contributed by atoms with van der Waals surface area (Å²) in [5.74, 6) is 0. The lowest BCUT2D eigenvalue weighted by molar-refractivity contribution is 0.660. The fourth-order valence-electron chi connectivity index (χ4n) is 9.26. The smallest absolute Gasteiger partial charge is 0.0541 e. The Labute approximate surface area is 333 Å². The maximum Gasteiger partial charge on any atom is 0.0541 e. The fourth-order valence-corrected chi connectivity index (χ4v) is 9.26. The van der Waals surface area contributed by atoms with Crippen molar-refractivity contribution >= 4 is 49.6 Å². The number of fused-ring (bicyclic) bond motifs is 7. The third-order valence-corrected chi connectivity index (χ3v) is 12.2. The van der Waals surface area contributed by atoms with Crippen LogP contribution in [0.15, 0.2) is 206 Å². The second-order valence-corrected chi connectivity index (χ2v) is 15.8. The van der Waals surface area contributed by atoms with E-state index in [0.29, 0.717) is 0 Å². The van der Waals surface area contributed by atoms with Crippen molar-refractivity contribution in [3.05, 3.63) is 217 Å². The Balaban J connectivity index is 1.00. The van der Waals surface area contributed by atoms with Crippen LogP contribution in [0.5, 0.6) is 0 Å². The van der Waals surface area contributed by atoms with Gasteiger partial charge in [-0.15, -0.1) is 0 Å². The average Bonchev–Trinajstić information content (AvgIpc) is 3.72. The highest BCUT2D eigenvalue weighted by atomic mass is 15.1. The molecule has 0 fully saturated rings. The van der Waals surface area contributed by atoms with Gasteiger partial charge in [-0.1, -0.05) is 153 Å². The summed E-state index contributed by atoms with van der Waals surface area (Å²) in [4.78, 5) is 2.40. The number of hydrogen-bond acceptors (Lipinski definition) is 1. The van der Waals surface area contributed by atoms with Gasteiger partial charge in [0.25, 0.3) is 0 Å². The second-order valence-electron chi connectivity index (χ2n) is 15.8. The first-order valence-electron chi connectivity index (χ1n) is 19.8. The molecular formula is C55H40N2. The molecule has 0 atom stereocenters. The van der Waals surface area contributed by atoms with Crippen LogP contribution in [0.2, 0.25) is 0 Å². The van der Waals surface area contributed by atoms with Crippen LogP contribution in [0.3, 0.4) is 0 Å². The Morgan fingerprint density at radius 1 is 0.368 bits per heavy atom. The molecule has 0 N–H and O–H groups in total. The van der Waals surface area contributed by atoms with Crippen LogP contribution >= 0.6 is 0 Å². The van der Waals surface area contributed by atoms with Crippen molar-refractivity contribution in [1.82, 2.24) is 4.57 Å². The standard InChI is InChI=1S/C55H40N2/c1-55(2)51-18-10-8-16-47(51)48-32-31-46(36-52(48)55)56(43-26-20-39(21-27-43)37-12-4-3-5-13-37)44-28-22-40(23-29-44)42-25-33-54-50(35-42)49-17-9-11-19-53(49)57(54)45-30-24-38-14-6-7-15-41(38)34-45/h3-36H,1-2H3. The lowest BCUT2D eigenvalue weighted by atomic mass is 9.82. The average molecular weight is 729 g/mol. The van der Waals surface area contributed by atoms with Crippen LogP contribution < -0.4 is 4.90 Å². The molecule has 0 radical (unpaired) electrons. The Morgan fingerprint density at radius 2 is 0.947 bits per heavy atom. The van der Waals surface area contributed by atoms with E-state index in [1.807, 2.05) is 0 Å². The van der Waals surface area contributed by atoms with Crippen LogP contribution in [0.25, 0.3) is 71.6 Å². The van der Waals surface area contributed by atoms with Gasteiger partial charge >= 0.3 is 0 Å². The Kier molecular flexibility index (Phi) is 7.55. The van der Waals surface area contributed by atoms with E-state index in [1.54, 1.807) is 0 Å². The van der Waals surface area contributed by atoms with Crippen LogP contribution in [-0.2, 0) is 5.41 Å². The molecule has 2 nitrogen and oxygen atoms in total. The van der Waals surface area contributed by atoms with Crippen LogP contribution in [0, 0.1) is 0 Å². The van der Waals surface area contributed by atoms with E-state index in [1.165, 1.54) is 82.8 Å². The molecule has 0 aliphatic heterocycles. The van der Waals surface area contributed by atoms with E-state index in [2.05, 4.69) is 230 Å². The van der Waals surface area contributed by atoms with Gasteiger partial charge in [-0.3, -0.25) is 0 Å².